The summed E-state index contributed by atoms with van der Waals surface area (Å²) in [5.74, 6) is -1.53. The summed E-state index contributed by atoms with van der Waals surface area (Å²) in [7, 11) is 0. The smallest absolute Gasteiger partial charge is 0.263 e. The third-order valence-corrected chi connectivity index (χ3v) is 5.32. The summed E-state index contributed by atoms with van der Waals surface area (Å²) >= 11 is 0. The number of phenolic OH excluding ortho intramolecular Hbond substituents is 1. The fourth-order valence-corrected chi connectivity index (χ4v) is 3.53. The van der Waals surface area contributed by atoms with E-state index in [0.717, 1.165) is 17.0 Å². The molecule has 0 aliphatic rings. The number of benzene rings is 2. The van der Waals surface area contributed by atoms with Crippen molar-refractivity contribution in [1.29, 1.82) is 0 Å². The zero-order valence-electron chi connectivity index (χ0n) is 21.5. The maximum atomic E-state index is 13.6. The van der Waals surface area contributed by atoms with E-state index in [1.807, 2.05) is 13.8 Å². The Kier molecular flexibility index (Phi) is 14.2. The van der Waals surface area contributed by atoms with E-state index in [0.29, 0.717) is 11.1 Å². The monoisotopic (exact) mass is 536 g/mol. The van der Waals surface area contributed by atoms with Crippen LogP contribution in [0.3, 0.4) is 0 Å². The van der Waals surface area contributed by atoms with Crippen LogP contribution in [0.4, 0.5) is 17.6 Å². The predicted octanol–water partition coefficient (Wildman–Crippen LogP) is 6.78. The van der Waals surface area contributed by atoms with Crippen LogP contribution in [0, 0.1) is 0 Å². The molecule has 1 unspecified atom stereocenters. The van der Waals surface area contributed by atoms with Crippen LogP contribution in [0.5, 0.6) is 5.75 Å². The third kappa shape index (κ3) is 10.2. The Labute approximate surface area is 222 Å². The molecule has 0 aromatic heterocycles. The number of carbonyl (C=O) groups is 2. The second-order valence-corrected chi connectivity index (χ2v) is 7.88. The Morgan fingerprint density at radius 1 is 1.05 bits per heavy atom. The highest BCUT2D eigenvalue weighted by Gasteiger charge is 2.33. The summed E-state index contributed by atoms with van der Waals surface area (Å²) in [4.78, 5) is 27.1. The van der Waals surface area contributed by atoms with E-state index in [1.165, 1.54) is 36.4 Å². The van der Waals surface area contributed by atoms with Gasteiger partial charge in [-0.25, -0.2) is 17.6 Å². The van der Waals surface area contributed by atoms with Crippen LogP contribution in [-0.2, 0) is 16.0 Å². The average molecular weight is 537 g/mol. The van der Waals surface area contributed by atoms with Crippen LogP contribution in [0.15, 0.2) is 85.5 Å². The summed E-state index contributed by atoms with van der Waals surface area (Å²) in [5, 5.41) is 12.0. The van der Waals surface area contributed by atoms with Crippen molar-refractivity contribution in [3.8, 4) is 5.75 Å². The Hall–Kier alpha value is -3.88. The van der Waals surface area contributed by atoms with E-state index >= 15 is 0 Å². The average Bonchev–Trinajstić information content (AvgIpc) is 2.91. The van der Waals surface area contributed by atoms with Gasteiger partial charge in [-0.05, 0) is 41.3 Å². The highest BCUT2D eigenvalue weighted by molar-refractivity contribution is 5.89. The lowest BCUT2D eigenvalue weighted by atomic mass is 10.00. The summed E-state index contributed by atoms with van der Waals surface area (Å²) in [6.07, 6.45) is -1.36. The molecule has 2 amide bonds. The van der Waals surface area contributed by atoms with Crippen LogP contribution >= 0.6 is 0 Å². The van der Waals surface area contributed by atoms with Crippen LogP contribution < -0.4 is 5.32 Å². The minimum atomic E-state index is -2.97. The lowest BCUT2D eigenvalue weighted by Crippen LogP contribution is -2.46. The standard InChI is InChI=1S/C27H28F4N2O3.C2H6.H2/c1-3-6-18(4-2)16-32-27(36)25(20-7-5-8-21(15-20)26(30)31)33(17-23(28)29)24(35)14-11-19-9-12-22(34)13-10-19;1-2;/h3-10,12-13,15,23,25-26,34H,1-2,11,14,16-17H2,(H,32,36);1-2H3;1H/b18-6+;;. The number of phenols is 1. The molecule has 0 fully saturated rings. The zero-order valence-corrected chi connectivity index (χ0v) is 21.5. The van der Waals surface area contributed by atoms with E-state index in [1.54, 1.807) is 18.2 Å². The van der Waals surface area contributed by atoms with Crippen molar-refractivity contribution in [2.45, 2.75) is 45.6 Å². The maximum absolute atomic E-state index is 13.6. The van der Waals surface area contributed by atoms with Crippen molar-refractivity contribution in [2.24, 2.45) is 0 Å². The quantitative estimate of drug-likeness (QED) is 0.219. The van der Waals surface area contributed by atoms with Gasteiger partial charge in [0.05, 0.1) is 6.54 Å². The SMILES string of the molecule is C=C/C=C(\C=C)CNC(=O)C(c1cccc(C(F)F)c1)N(CC(F)F)C(=O)CCc1ccc(O)cc1.CC.[HH]. The van der Waals surface area contributed by atoms with Gasteiger partial charge >= 0.3 is 0 Å². The molecule has 2 aromatic rings. The number of hydrogen-bond acceptors (Lipinski definition) is 3. The molecule has 0 aliphatic carbocycles. The number of rotatable bonds is 13. The number of allylic oxidation sites excluding steroid dienone is 2. The molecule has 208 valence electrons. The zero-order chi connectivity index (χ0) is 28.7. The second kappa shape index (κ2) is 16.8. The summed E-state index contributed by atoms with van der Waals surface area (Å²) in [5.41, 5.74) is 0.815. The van der Waals surface area contributed by atoms with Gasteiger partial charge in [-0.2, -0.15) is 0 Å². The molecule has 0 bridgehead atoms. The van der Waals surface area contributed by atoms with Crippen molar-refractivity contribution < 1.29 is 33.7 Å². The lowest BCUT2D eigenvalue weighted by Gasteiger charge is -2.31. The number of nitrogens with one attached hydrogen (secondary N) is 1. The fraction of sp³-hybridized carbons (Fsp3) is 0.310. The van der Waals surface area contributed by atoms with Gasteiger partial charge in [0.2, 0.25) is 11.8 Å². The first-order valence-electron chi connectivity index (χ1n) is 12.1. The van der Waals surface area contributed by atoms with Crippen LogP contribution in [-0.4, -0.2) is 41.3 Å². The maximum Gasteiger partial charge on any atom is 0.263 e. The van der Waals surface area contributed by atoms with Gasteiger partial charge in [0.15, 0.2) is 0 Å². The first-order valence-corrected chi connectivity index (χ1v) is 12.1. The van der Waals surface area contributed by atoms with E-state index in [2.05, 4.69) is 18.5 Å². The minimum Gasteiger partial charge on any atom is -0.508 e. The molecule has 9 heteroatoms. The molecule has 0 saturated heterocycles. The minimum absolute atomic E-state index is 0. The second-order valence-electron chi connectivity index (χ2n) is 7.88. The Bertz CT molecular complexity index is 1090. The summed E-state index contributed by atoms with van der Waals surface area (Å²) in [6, 6.07) is 9.26. The molecular weight excluding hydrogens is 500 g/mol. The molecule has 2 rings (SSSR count). The molecule has 0 aliphatic heterocycles. The van der Waals surface area contributed by atoms with Gasteiger partial charge in [0, 0.05) is 20.0 Å². The molecule has 5 nitrogen and oxygen atoms in total. The topological polar surface area (TPSA) is 69.6 Å². The fourth-order valence-electron chi connectivity index (χ4n) is 3.53. The number of aryl methyl sites for hydroxylation is 1. The number of amides is 2. The van der Waals surface area contributed by atoms with Crippen molar-refractivity contribution in [3.63, 3.8) is 0 Å². The number of halogens is 4. The number of nitrogens with zero attached hydrogens (tertiary/aromatic N) is 1. The third-order valence-electron chi connectivity index (χ3n) is 5.32. The summed E-state index contributed by atoms with van der Waals surface area (Å²) in [6.45, 7) is 10.1. The molecule has 0 spiro atoms. The van der Waals surface area contributed by atoms with E-state index in [4.69, 9.17) is 0 Å². The molecule has 0 saturated carbocycles. The van der Waals surface area contributed by atoms with Gasteiger partial charge in [0.1, 0.15) is 11.8 Å². The highest BCUT2D eigenvalue weighted by atomic mass is 19.3. The number of carbonyl (C=O) groups excluding carboxylic acids is 2. The molecule has 38 heavy (non-hydrogen) atoms. The normalized spacial score (nSPS) is 11.8. The highest BCUT2D eigenvalue weighted by Crippen LogP contribution is 2.28. The van der Waals surface area contributed by atoms with Crippen LogP contribution in [0.25, 0.3) is 0 Å². The van der Waals surface area contributed by atoms with Crippen molar-refractivity contribution >= 4 is 11.8 Å². The van der Waals surface area contributed by atoms with Crippen LogP contribution in [0.1, 0.15) is 50.9 Å². The molecule has 0 heterocycles. The van der Waals surface area contributed by atoms with Gasteiger partial charge in [0.25, 0.3) is 12.9 Å². The van der Waals surface area contributed by atoms with Crippen molar-refractivity contribution in [1.82, 2.24) is 10.2 Å². The Morgan fingerprint density at radius 2 is 1.68 bits per heavy atom. The number of alkyl halides is 4. The van der Waals surface area contributed by atoms with Gasteiger partial charge in [-0.1, -0.05) is 75.6 Å². The van der Waals surface area contributed by atoms with Gasteiger partial charge < -0.3 is 15.3 Å². The van der Waals surface area contributed by atoms with E-state index in [9.17, 15) is 32.3 Å². The molecule has 2 N–H and O–H groups in total. The van der Waals surface area contributed by atoms with Crippen molar-refractivity contribution in [2.75, 3.05) is 13.1 Å². The van der Waals surface area contributed by atoms with Crippen LogP contribution in [0.2, 0.25) is 0 Å². The first-order chi connectivity index (χ1) is 18.2. The van der Waals surface area contributed by atoms with Gasteiger partial charge in [-0.15, -0.1) is 0 Å². The van der Waals surface area contributed by atoms with E-state index < -0.39 is 42.8 Å². The molecule has 1 atom stereocenters. The lowest BCUT2D eigenvalue weighted by molar-refractivity contribution is -0.143. The Morgan fingerprint density at radius 3 is 2.24 bits per heavy atom. The summed E-state index contributed by atoms with van der Waals surface area (Å²) < 4.78 is 53.8. The first kappa shape index (κ1) is 32.1. The van der Waals surface area contributed by atoms with E-state index in [-0.39, 0.29) is 32.1 Å². The largest absolute Gasteiger partial charge is 0.508 e. The molecule has 2 aromatic carbocycles. The van der Waals surface area contributed by atoms with Gasteiger partial charge in [-0.3, -0.25) is 9.59 Å². The predicted molar refractivity (Wildman–Crippen MR) is 143 cm³/mol. The Balaban J connectivity index is 0.00000470. The number of aromatic hydroxyl groups is 1. The van der Waals surface area contributed by atoms with Crippen molar-refractivity contribution in [3.05, 3.63) is 102 Å². The molecule has 0 radical (unpaired) electrons. The number of hydrogen-bond donors (Lipinski definition) is 2. The molecular formula is C29H36F4N2O3.